The molecule has 11 heteroatoms. The highest BCUT2D eigenvalue weighted by atomic mass is 79.9. The van der Waals surface area contributed by atoms with Crippen molar-refractivity contribution in [3.8, 4) is 5.75 Å². The van der Waals surface area contributed by atoms with E-state index in [2.05, 4.69) is 31.0 Å². The molecular weight excluding hydrogens is 668 g/mol. The number of aromatic hydroxyl groups is 1. The fraction of sp³-hybridized carbons (Fsp3) is 0.143. The van der Waals surface area contributed by atoms with Crippen LogP contribution in [0, 0.1) is 0 Å². The average molecular weight is 700 g/mol. The molecule has 1 amide bonds. The molecule has 2 aromatic heterocycles. The number of hydrogen-bond acceptors (Lipinski definition) is 5. The van der Waals surface area contributed by atoms with E-state index in [1.807, 2.05) is 60.7 Å². The number of benzene rings is 4. The van der Waals surface area contributed by atoms with Gasteiger partial charge in [0.25, 0.3) is 5.56 Å². The third-order valence-electron chi connectivity index (χ3n) is 8.07. The van der Waals surface area contributed by atoms with Crippen molar-refractivity contribution in [2.45, 2.75) is 24.2 Å². The molecule has 2 heterocycles. The van der Waals surface area contributed by atoms with Gasteiger partial charge in [0, 0.05) is 52.7 Å². The molecule has 46 heavy (non-hydrogen) atoms. The van der Waals surface area contributed by atoms with Crippen molar-refractivity contribution in [1.29, 1.82) is 0 Å². The summed E-state index contributed by atoms with van der Waals surface area (Å²) in [6.07, 6.45) is 0.293. The van der Waals surface area contributed by atoms with Crippen LogP contribution in [-0.2, 0) is 28.3 Å². The van der Waals surface area contributed by atoms with Gasteiger partial charge in [0.1, 0.15) is 5.75 Å². The zero-order valence-corrected chi connectivity index (χ0v) is 27.4. The largest absolute Gasteiger partial charge is 0.507 e. The first-order valence-electron chi connectivity index (χ1n) is 14.6. The summed E-state index contributed by atoms with van der Waals surface area (Å²) in [6, 6.07) is 28.5. The Hall–Kier alpha value is -4.71. The number of fused-ring (bicyclic) bond motifs is 2. The van der Waals surface area contributed by atoms with Gasteiger partial charge in [0.05, 0.1) is 21.9 Å². The lowest BCUT2D eigenvalue weighted by Crippen LogP contribution is -2.27. The fourth-order valence-electron chi connectivity index (χ4n) is 5.98. The highest BCUT2D eigenvalue weighted by Gasteiger charge is 2.30. The second-order valence-corrected chi connectivity index (χ2v) is 13.7. The summed E-state index contributed by atoms with van der Waals surface area (Å²) in [7, 11) is -2.18. The molecular formula is C35H31BrN4O5S. The Bertz CT molecular complexity index is 2280. The summed E-state index contributed by atoms with van der Waals surface area (Å²) in [5, 5.41) is 15.8. The zero-order chi connectivity index (χ0) is 32.6. The summed E-state index contributed by atoms with van der Waals surface area (Å²) in [4.78, 5) is 29.0. The van der Waals surface area contributed by atoms with E-state index in [0.29, 0.717) is 28.7 Å². The quantitative estimate of drug-likeness (QED) is 0.144. The number of rotatable bonds is 9. The third-order valence-corrected chi connectivity index (χ3v) is 10.0. The minimum absolute atomic E-state index is 0.0670. The smallest absolute Gasteiger partial charge is 0.258 e. The van der Waals surface area contributed by atoms with E-state index >= 15 is 0 Å². The van der Waals surface area contributed by atoms with Gasteiger partial charge in [-0.1, -0.05) is 58.4 Å². The predicted octanol–water partition coefficient (Wildman–Crippen LogP) is 6.15. The molecule has 0 aliphatic carbocycles. The number of aromatic amines is 1. The van der Waals surface area contributed by atoms with Gasteiger partial charge in [-0.05, 0) is 72.1 Å². The van der Waals surface area contributed by atoms with Crippen LogP contribution in [-0.4, -0.2) is 35.5 Å². The van der Waals surface area contributed by atoms with E-state index in [4.69, 9.17) is 0 Å². The first-order chi connectivity index (χ1) is 22.0. The Kier molecular flexibility index (Phi) is 8.56. The van der Waals surface area contributed by atoms with Crippen LogP contribution >= 0.6 is 15.9 Å². The zero-order valence-electron chi connectivity index (χ0n) is 25.0. The molecule has 6 aromatic rings. The van der Waals surface area contributed by atoms with E-state index in [1.54, 1.807) is 23.7 Å². The fourth-order valence-corrected chi connectivity index (χ4v) is 7.43. The minimum Gasteiger partial charge on any atom is -0.507 e. The molecule has 0 saturated heterocycles. The molecule has 1 unspecified atom stereocenters. The maximum atomic E-state index is 14.1. The van der Waals surface area contributed by atoms with Gasteiger partial charge < -0.3 is 20.0 Å². The number of carbonyl (C=O) groups excluding carboxylic acids is 1. The number of nitrogens with one attached hydrogen (secondary N) is 3. The van der Waals surface area contributed by atoms with Crippen LogP contribution in [0.2, 0.25) is 0 Å². The molecule has 234 valence electrons. The number of carbonyl (C=O) groups is 1. The normalized spacial score (nSPS) is 12.4. The molecule has 0 aliphatic heterocycles. The van der Waals surface area contributed by atoms with Gasteiger partial charge in [0.2, 0.25) is 15.9 Å². The predicted molar refractivity (Wildman–Crippen MR) is 184 cm³/mol. The highest BCUT2D eigenvalue weighted by Crippen LogP contribution is 2.41. The monoisotopic (exact) mass is 698 g/mol. The maximum Gasteiger partial charge on any atom is 0.258 e. The summed E-state index contributed by atoms with van der Waals surface area (Å²) in [6.45, 7) is 1.45. The number of halogens is 1. The van der Waals surface area contributed by atoms with Crippen molar-refractivity contribution >= 4 is 59.4 Å². The minimum atomic E-state index is -3.87. The Morgan fingerprint density at radius 3 is 2.37 bits per heavy atom. The second kappa shape index (κ2) is 12.6. The molecule has 4 N–H and O–H groups in total. The van der Waals surface area contributed by atoms with E-state index < -0.39 is 15.9 Å². The van der Waals surface area contributed by atoms with E-state index in [1.165, 1.54) is 31.2 Å². The average Bonchev–Trinajstić information content (AvgIpc) is 3.39. The summed E-state index contributed by atoms with van der Waals surface area (Å²) < 4.78 is 31.5. The number of amides is 1. The number of aromatic nitrogens is 2. The van der Waals surface area contributed by atoms with Gasteiger partial charge >= 0.3 is 0 Å². The molecule has 0 aliphatic rings. The molecule has 1 atom stereocenters. The van der Waals surface area contributed by atoms with Crippen molar-refractivity contribution in [3.05, 3.63) is 134 Å². The SMILES string of the molecule is CC(=O)Nc1ccc(S(=O)(=O)NCCc2c(C(c3cccc(Br)c3)c3c(O)c4ccccc4n(C)c3=O)[nH]c3ccccc23)cc1. The Morgan fingerprint density at radius 2 is 1.65 bits per heavy atom. The number of hydrogen-bond donors (Lipinski definition) is 4. The second-order valence-electron chi connectivity index (χ2n) is 11.0. The van der Waals surface area contributed by atoms with Crippen molar-refractivity contribution in [2.75, 3.05) is 11.9 Å². The van der Waals surface area contributed by atoms with E-state index in [0.717, 1.165) is 26.5 Å². The van der Waals surface area contributed by atoms with Crippen LogP contribution in [0.15, 0.2) is 111 Å². The number of pyridine rings is 1. The first-order valence-corrected chi connectivity index (χ1v) is 16.9. The molecule has 0 bridgehead atoms. The molecule has 0 fully saturated rings. The van der Waals surface area contributed by atoms with Gasteiger partial charge in [-0.15, -0.1) is 0 Å². The number of aryl methyl sites for hydroxylation is 1. The standard InChI is InChI=1S/C35H31BrN4O5S/c1-21(41)38-24-14-16-25(17-15-24)46(44,45)37-19-18-27-26-10-3-5-12-29(26)39-33(27)31(22-8-7-9-23(36)20-22)32-34(42)28-11-4-6-13-30(28)40(2)35(32)43/h3-17,20,31,37,39,42H,18-19H2,1-2H3,(H,38,41). The van der Waals surface area contributed by atoms with Crippen molar-refractivity contribution in [3.63, 3.8) is 0 Å². The number of anilines is 1. The van der Waals surface area contributed by atoms with Crippen molar-refractivity contribution in [1.82, 2.24) is 14.3 Å². The topological polar surface area (TPSA) is 133 Å². The Balaban J connectivity index is 1.45. The molecule has 0 spiro atoms. The summed E-state index contributed by atoms with van der Waals surface area (Å²) >= 11 is 3.57. The summed E-state index contributed by atoms with van der Waals surface area (Å²) in [5.41, 5.74) is 4.07. The van der Waals surface area contributed by atoms with Gasteiger partial charge in [-0.2, -0.15) is 0 Å². The van der Waals surface area contributed by atoms with Crippen LogP contribution in [0.25, 0.3) is 21.8 Å². The number of para-hydroxylation sites is 2. The molecule has 0 saturated carbocycles. The van der Waals surface area contributed by atoms with Crippen LogP contribution in [0.4, 0.5) is 5.69 Å². The van der Waals surface area contributed by atoms with Gasteiger partial charge in [0.15, 0.2) is 0 Å². The lowest BCUT2D eigenvalue weighted by Gasteiger charge is -2.22. The molecule has 0 radical (unpaired) electrons. The van der Waals surface area contributed by atoms with Gasteiger partial charge in [-0.25, -0.2) is 13.1 Å². The molecule has 6 rings (SSSR count). The maximum absolute atomic E-state index is 14.1. The Labute approximate surface area is 274 Å². The van der Waals surface area contributed by atoms with Crippen molar-refractivity contribution in [2.24, 2.45) is 7.05 Å². The van der Waals surface area contributed by atoms with E-state index in [9.17, 15) is 23.1 Å². The van der Waals surface area contributed by atoms with Crippen LogP contribution in [0.5, 0.6) is 5.75 Å². The number of sulfonamides is 1. The third kappa shape index (κ3) is 5.96. The van der Waals surface area contributed by atoms with Crippen molar-refractivity contribution < 1.29 is 18.3 Å². The Morgan fingerprint density at radius 1 is 0.957 bits per heavy atom. The van der Waals surface area contributed by atoms with Gasteiger partial charge in [-0.3, -0.25) is 9.59 Å². The lowest BCUT2D eigenvalue weighted by atomic mass is 9.85. The van der Waals surface area contributed by atoms with Crippen LogP contribution in [0.1, 0.15) is 35.2 Å². The number of H-pyrrole nitrogens is 1. The van der Waals surface area contributed by atoms with E-state index in [-0.39, 0.29) is 34.2 Å². The highest BCUT2D eigenvalue weighted by molar-refractivity contribution is 9.10. The first kappa shape index (κ1) is 31.3. The van der Waals surface area contributed by atoms with Crippen LogP contribution in [0.3, 0.4) is 0 Å². The lowest BCUT2D eigenvalue weighted by molar-refractivity contribution is -0.114. The molecule has 4 aromatic carbocycles. The van der Waals surface area contributed by atoms with Crippen LogP contribution < -0.4 is 15.6 Å². The molecule has 9 nitrogen and oxygen atoms in total. The number of nitrogens with zero attached hydrogens (tertiary/aromatic N) is 1. The summed E-state index contributed by atoms with van der Waals surface area (Å²) in [5.74, 6) is -1.06.